The first kappa shape index (κ1) is 18.3. The number of nitrogens with zero attached hydrogens (tertiary/aromatic N) is 1. The summed E-state index contributed by atoms with van der Waals surface area (Å²) in [5.74, 6) is -2.83. The van der Waals surface area contributed by atoms with Crippen molar-refractivity contribution in [1.29, 1.82) is 5.41 Å². The van der Waals surface area contributed by atoms with Crippen LogP contribution in [-0.4, -0.2) is 33.0 Å². The molecule has 2 N–H and O–H groups in total. The molecule has 0 saturated carbocycles. The Hall–Kier alpha value is -3.02. The molecule has 6 heteroatoms. The van der Waals surface area contributed by atoms with E-state index in [2.05, 4.69) is 0 Å². The number of carbonyl (C=O) groups is 3. The Balaban J connectivity index is 2.06. The molecule has 0 bridgehead atoms. The monoisotopic (exact) mass is 340 g/mol. The van der Waals surface area contributed by atoms with Crippen LogP contribution in [0, 0.1) is 11.3 Å². The van der Waals surface area contributed by atoms with Crippen molar-refractivity contribution in [2.45, 2.75) is 26.2 Å². The third-order valence-electron chi connectivity index (χ3n) is 3.96. The molecule has 0 spiro atoms. The first-order chi connectivity index (χ1) is 11.9. The Kier molecular flexibility index (Phi) is 6.00. The molecule has 25 heavy (non-hydrogen) atoms. The van der Waals surface area contributed by atoms with Crippen LogP contribution < -0.4 is 0 Å². The van der Waals surface area contributed by atoms with Gasteiger partial charge in [-0.3, -0.25) is 19.0 Å². The third kappa shape index (κ3) is 4.73. The van der Waals surface area contributed by atoms with E-state index >= 15 is 0 Å². The zero-order chi connectivity index (χ0) is 18.4. The minimum atomic E-state index is -1.16. The highest BCUT2D eigenvalue weighted by Crippen LogP contribution is 2.12. The number of carboxylic acid groups (broad SMARTS) is 1. The van der Waals surface area contributed by atoms with Crippen molar-refractivity contribution in [2.24, 2.45) is 5.92 Å². The molecule has 1 heterocycles. The topological polar surface area (TPSA) is 100 Å². The van der Waals surface area contributed by atoms with Gasteiger partial charge in [0.1, 0.15) is 5.92 Å². The lowest BCUT2D eigenvalue weighted by molar-refractivity contribution is -0.139. The maximum Gasteiger partial charge on any atom is 0.312 e. The molecular formula is C19H20N2O4. The highest BCUT2D eigenvalue weighted by Gasteiger charge is 2.25. The predicted octanol–water partition coefficient (Wildman–Crippen LogP) is 2.61. The van der Waals surface area contributed by atoms with E-state index in [0.29, 0.717) is 5.56 Å². The Labute approximate surface area is 145 Å². The van der Waals surface area contributed by atoms with Gasteiger partial charge in [-0.05, 0) is 29.7 Å². The van der Waals surface area contributed by atoms with E-state index in [-0.39, 0.29) is 30.9 Å². The van der Waals surface area contributed by atoms with Crippen LogP contribution in [0.15, 0.2) is 48.8 Å². The molecule has 2 rings (SSSR count). The van der Waals surface area contributed by atoms with Crippen LogP contribution in [0.5, 0.6) is 0 Å². The number of benzene rings is 1. The molecule has 6 nitrogen and oxygen atoms in total. The summed E-state index contributed by atoms with van der Waals surface area (Å²) in [5.41, 5.74) is 1.04. The quantitative estimate of drug-likeness (QED) is 0.721. The van der Waals surface area contributed by atoms with Crippen molar-refractivity contribution in [3.05, 3.63) is 59.9 Å². The predicted molar refractivity (Wildman–Crippen MR) is 93.1 cm³/mol. The van der Waals surface area contributed by atoms with Crippen molar-refractivity contribution in [2.75, 3.05) is 0 Å². The lowest BCUT2D eigenvalue weighted by Crippen LogP contribution is -2.30. The number of carboxylic acids is 1. The van der Waals surface area contributed by atoms with Gasteiger partial charge in [0.05, 0.1) is 12.1 Å². The van der Waals surface area contributed by atoms with Gasteiger partial charge in [0.2, 0.25) is 5.91 Å². The summed E-state index contributed by atoms with van der Waals surface area (Å²) >= 11 is 0. The standard InChI is InChI=1S/C19H20N2O4/c1-2-15(19(24)25)18(20)16(22)11-13-6-5-7-14(10-13)12-17(23)21-8-3-4-9-21/h3-10,15,20H,2,11-12H2,1H3,(H,24,25)/t15-/m1/s1. The summed E-state index contributed by atoms with van der Waals surface area (Å²) in [6.07, 6.45) is 3.70. The molecule has 0 fully saturated rings. The molecule has 0 aliphatic heterocycles. The Bertz CT molecular complexity index is 794. The van der Waals surface area contributed by atoms with E-state index in [4.69, 9.17) is 10.5 Å². The summed E-state index contributed by atoms with van der Waals surface area (Å²) in [6.45, 7) is 1.63. The van der Waals surface area contributed by atoms with Crippen molar-refractivity contribution >= 4 is 23.4 Å². The molecule has 0 aliphatic rings. The fourth-order valence-corrected chi connectivity index (χ4v) is 2.59. The summed E-state index contributed by atoms with van der Waals surface area (Å²) in [6, 6.07) is 10.6. The lowest BCUT2D eigenvalue weighted by atomic mass is 9.93. The summed E-state index contributed by atoms with van der Waals surface area (Å²) in [5, 5.41) is 16.9. The van der Waals surface area contributed by atoms with Crippen LogP contribution in [-0.2, 0) is 22.4 Å². The molecule has 0 aliphatic carbocycles. The van der Waals surface area contributed by atoms with E-state index < -0.39 is 17.7 Å². The minimum absolute atomic E-state index is 0.0475. The van der Waals surface area contributed by atoms with Crippen LogP contribution in [0.1, 0.15) is 29.3 Å². The van der Waals surface area contributed by atoms with Crippen molar-refractivity contribution in [3.63, 3.8) is 0 Å². The molecule has 0 radical (unpaired) electrons. The van der Waals surface area contributed by atoms with E-state index in [0.717, 1.165) is 5.56 Å². The third-order valence-corrected chi connectivity index (χ3v) is 3.96. The van der Waals surface area contributed by atoms with Gasteiger partial charge in [-0.15, -0.1) is 0 Å². The van der Waals surface area contributed by atoms with E-state index in [9.17, 15) is 14.4 Å². The average molecular weight is 340 g/mol. The second-order valence-corrected chi connectivity index (χ2v) is 5.79. The van der Waals surface area contributed by atoms with Gasteiger partial charge >= 0.3 is 5.97 Å². The second kappa shape index (κ2) is 8.19. The SMILES string of the molecule is CC[C@H](C(=N)C(=O)Cc1cccc(CC(=O)n2cccc2)c1)C(=O)O. The number of ketones is 1. The number of aliphatic carboxylic acids is 1. The lowest BCUT2D eigenvalue weighted by Gasteiger charge is -2.11. The molecule has 0 saturated heterocycles. The molecule has 2 aromatic rings. The molecule has 1 aromatic carbocycles. The molecule has 1 aromatic heterocycles. The van der Waals surface area contributed by atoms with Crippen LogP contribution in [0.4, 0.5) is 0 Å². The van der Waals surface area contributed by atoms with Crippen LogP contribution >= 0.6 is 0 Å². The molecule has 1 atom stereocenters. The highest BCUT2D eigenvalue weighted by molar-refractivity contribution is 6.42. The van der Waals surface area contributed by atoms with Gasteiger partial charge in [0, 0.05) is 18.8 Å². The number of hydrogen-bond donors (Lipinski definition) is 2. The summed E-state index contributed by atoms with van der Waals surface area (Å²) in [4.78, 5) is 35.4. The maximum absolute atomic E-state index is 12.2. The van der Waals surface area contributed by atoms with Gasteiger partial charge < -0.3 is 10.5 Å². The van der Waals surface area contributed by atoms with E-state index in [1.807, 2.05) is 0 Å². The number of rotatable bonds is 8. The Morgan fingerprint density at radius 3 is 2.24 bits per heavy atom. The van der Waals surface area contributed by atoms with Gasteiger partial charge in [-0.1, -0.05) is 31.2 Å². The normalized spacial score (nSPS) is 11.7. The zero-order valence-electron chi connectivity index (χ0n) is 13.9. The van der Waals surface area contributed by atoms with Crippen LogP contribution in [0.25, 0.3) is 0 Å². The van der Waals surface area contributed by atoms with Gasteiger partial charge in [0.25, 0.3) is 0 Å². The van der Waals surface area contributed by atoms with E-state index in [1.54, 1.807) is 55.7 Å². The second-order valence-electron chi connectivity index (χ2n) is 5.79. The first-order valence-electron chi connectivity index (χ1n) is 8.00. The largest absolute Gasteiger partial charge is 0.481 e. The fourth-order valence-electron chi connectivity index (χ4n) is 2.59. The molecule has 130 valence electrons. The maximum atomic E-state index is 12.2. The van der Waals surface area contributed by atoms with Crippen molar-refractivity contribution in [1.82, 2.24) is 4.57 Å². The van der Waals surface area contributed by atoms with Gasteiger partial charge in [-0.25, -0.2) is 0 Å². The molecule has 0 unspecified atom stereocenters. The highest BCUT2D eigenvalue weighted by atomic mass is 16.4. The van der Waals surface area contributed by atoms with Crippen LogP contribution in [0.2, 0.25) is 0 Å². The average Bonchev–Trinajstić information content (AvgIpc) is 3.10. The van der Waals surface area contributed by atoms with Gasteiger partial charge in [0.15, 0.2) is 5.78 Å². The first-order valence-corrected chi connectivity index (χ1v) is 8.00. The molecule has 0 amide bonds. The van der Waals surface area contributed by atoms with Crippen molar-refractivity contribution in [3.8, 4) is 0 Å². The number of carbonyl (C=O) groups excluding carboxylic acids is 2. The van der Waals surface area contributed by atoms with Gasteiger partial charge in [-0.2, -0.15) is 0 Å². The minimum Gasteiger partial charge on any atom is -0.481 e. The Morgan fingerprint density at radius 2 is 1.68 bits per heavy atom. The smallest absolute Gasteiger partial charge is 0.312 e. The van der Waals surface area contributed by atoms with E-state index in [1.165, 1.54) is 4.57 Å². The number of Topliss-reactive ketones (excluding diaryl/α,β-unsaturated/α-hetero) is 1. The zero-order valence-corrected chi connectivity index (χ0v) is 13.9. The van der Waals surface area contributed by atoms with Crippen LogP contribution in [0.3, 0.4) is 0 Å². The fraction of sp³-hybridized carbons (Fsp3) is 0.263. The number of hydrogen-bond acceptors (Lipinski definition) is 4. The summed E-state index contributed by atoms with van der Waals surface area (Å²) in [7, 11) is 0. The molecular weight excluding hydrogens is 320 g/mol. The number of nitrogens with one attached hydrogen (secondary N) is 1. The summed E-state index contributed by atoms with van der Waals surface area (Å²) < 4.78 is 1.49. The Morgan fingerprint density at radius 1 is 1.08 bits per heavy atom. The number of aromatic nitrogens is 1. The van der Waals surface area contributed by atoms with Crippen molar-refractivity contribution < 1.29 is 19.5 Å².